The van der Waals surface area contributed by atoms with Crippen LogP contribution in [0.1, 0.15) is 6.42 Å². The summed E-state index contributed by atoms with van der Waals surface area (Å²) in [4.78, 5) is 10.8. The van der Waals surface area contributed by atoms with Gasteiger partial charge in [-0.1, -0.05) is 42.5 Å². The first-order valence-corrected chi connectivity index (χ1v) is 9.31. The van der Waals surface area contributed by atoms with Gasteiger partial charge in [0.05, 0.1) is 11.4 Å². The highest BCUT2D eigenvalue weighted by Gasteiger charge is 2.39. The second kappa shape index (κ2) is 6.86. The minimum atomic E-state index is -4.31. The lowest BCUT2D eigenvalue weighted by atomic mass is 10.0. The first-order valence-electron chi connectivity index (χ1n) is 7.78. The Morgan fingerprint density at radius 2 is 1.56 bits per heavy atom. The maximum atomic E-state index is 13.2. The summed E-state index contributed by atoms with van der Waals surface area (Å²) < 4.78 is 19.9. The molecule has 1 aliphatic carbocycles. The van der Waals surface area contributed by atoms with Crippen LogP contribution in [0.5, 0.6) is 0 Å². The third kappa shape index (κ3) is 4.00. The molecule has 1 aliphatic rings. The van der Waals surface area contributed by atoms with E-state index in [2.05, 4.69) is 0 Å². The number of rotatable bonds is 5. The van der Waals surface area contributed by atoms with Gasteiger partial charge in [0.1, 0.15) is 0 Å². The number of nitrogens with two attached hydrogens (primary N) is 2. The predicted molar refractivity (Wildman–Crippen MR) is 98.9 cm³/mol. The summed E-state index contributed by atoms with van der Waals surface area (Å²) >= 11 is 0. The van der Waals surface area contributed by atoms with Gasteiger partial charge in [0.15, 0.2) is 5.72 Å². The number of anilines is 2. The van der Waals surface area contributed by atoms with Crippen LogP contribution >= 0.6 is 7.75 Å². The molecule has 5 N–H and O–H groups in total. The van der Waals surface area contributed by atoms with Crippen LogP contribution in [0.25, 0.3) is 0 Å². The van der Waals surface area contributed by atoms with Crippen LogP contribution in [-0.2, 0) is 9.09 Å². The molecule has 2 aromatic carbocycles. The summed E-state index contributed by atoms with van der Waals surface area (Å²) in [6, 6.07) is 17.7. The maximum Gasteiger partial charge on any atom is 0.439 e. The first-order chi connectivity index (χ1) is 11.9. The topological polar surface area (TPSA) is 102 Å². The Bertz CT molecular complexity index is 800. The van der Waals surface area contributed by atoms with Crippen molar-refractivity contribution in [3.05, 3.63) is 84.6 Å². The molecule has 2 atom stereocenters. The Labute approximate surface area is 146 Å². The van der Waals surface area contributed by atoms with Crippen LogP contribution in [0.2, 0.25) is 0 Å². The fourth-order valence-corrected chi connectivity index (χ4v) is 4.07. The Morgan fingerprint density at radius 3 is 2.00 bits per heavy atom. The van der Waals surface area contributed by atoms with E-state index in [4.69, 9.17) is 16.0 Å². The van der Waals surface area contributed by atoms with Crippen molar-refractivity contribution in [2.45, 2.75) is 12.1 Å². The van der Waals surface area contributed by atoms with Crippen molar-refractivity contribution in [3.8, 4) is 0 Å². The fraction of sp³-hybridized carbons (Fsp3) is 0.111. The normalized spacial score (nSPS) is 22.1. The van der Waals surface area contributed by atoms with E-state index in [9.17, 15) is 9.46 Å². The van der Waals surface area contributed by atoms with Crippen LogP contribution in [0.4, 0.5) is 11.4 Å². The second-order valence-corrected chi connectivity index (χ2v) is 7.33. The van der Waals surface area contributed by atoms with Crippen molar-refractivity contribution < 1.29 is 14.0 Å². The molecule has 0 aliphatic heterocycles. The zero-order chi connectivity index (χ0) is 17.9. The minimum absolute atomic E-state index is 0.206. The molecular weight excluding hydrogens is 337 g/mol. The number of hydrogen-bond acceptors (Lipinski definition) is 4. The smallest absolute Gasteiger partial charge is 0.399 e. The largest absolute Gasteiger partial charge is 0.439 e. The van der Waals surface area contributed by atoms with Crippen LogP contribution in [0.15, 0.2) is 84.6 Å². The highest BCUT2D eigenvalue weighted by Crippen LogP contribution is 2.56. The van der Waals surface area contributed by atoms with Crippen molar-refractivity contribution in [1.82, 2.24) is 0 Å². The van der Waals surface area contributed by atoms with Crippen LogP contribution in [0.3, 0.4) is 0 Å². The number of para-hydroxylation sites is 2. The molecule has 0 saturated carbocycles. The van der Waals surface area contributed by atoms with E-state index >= 15 is 0 Å². The zero-order valence-corrected chi connectivity index (χ0v) is 14.4. The summed E-state index contributed by atoms with van der Waals surface area (Å²) in [5.41, 5.74) is 12.0. The molecule has 0 spiro atoms. The second-order valence-electron chi connectivity index (χ2n) is 5.76. The number of nitrogens with zero attached hydrogens (tertiary/aromatic N) is 1. The molecule has 0 radical (unpaired) electrons. The predicted octanol–water partition coefficient (Wildman–Crippen LogP) is 3.40. The summed E-state index contributed by atoms with van der Waals surface area (Å²) in [5.74, 6) is 0. The van der Waals surface area contributed by atoms with Gasteiger partial charge in [0.2, 0.25) is 0 Å². The Morgan fingerprint density at radius 1 is 1.04 bits per heavy atom. The number of benzene rings is 2. The average molecular weight is 357 g/mol. The van der Waals surface area contributed by atoms with Gasteiger partial charge in [-0.15, -0.1) is 0 Å². The van der Waals surface area contributed by atoms with Crippen molar-refractivity contribution in [3.63, 3.8) is 0 Å². The third-order valence-electron chi connectivity index (χ3n) is 3.76. The highest BCUT2D eigenvalue weighted by molar-refractivity contribution is 7.55. The maximum absolute atomic E-state index is 13.2. The molecule has 0 fully saturated rings. The van der Waals surface area contributed by atoms with E-state index in [1.807, 2.05) is 12.1 Å². The molecule has 0 bridgehead atoms. The molecule has 130 valence electrons. The van der Waals surface area contributed by atoms with Crippen molar-refractivity contribution >= 4 is 19.1 Å². The molecule has 2 unspecified atom stereocenters. The van der Waals surface area contributed by atoms with E-state index in [1.54, 1.807) is 60.7 Å². The Balaban J connectivity index is 1.98. The fourth-order valence-electron chi connectivity index (χ4n) is 2.56. The molecule has 2 aromatic rings. The van der Waals surface area contributed by atoms with Crippen molar-refractivity contribution in [1.29, 1.82) is 0 Å². The lowest BCUT2D eigenvalue weighted by Crippen LogP contribution is -2.42. The Kier molecular flexibility index (Phi) is 4.79. The monoisotopic (exact) mass is 357 g/mol. The van der Waals surface area contributed by atoms with Crippen LogP contribution in [0, 0.1) is 0 Å². The van der Waals surface area contributed by atoms with Gasteiger partial charge in [0, 0.05) is 12.1 Å². The molecule has 6 nitrogen and oxygen atoms in total. The van der Waals surface area contributed by atoms with Gasteiger partial charge < -0.3 is 10.6 Å². The SMILES string of the molecule is NC1=CCC(N)(OP(=O)(O)N(c2ccccc2)c2ccccc2)C=C1. The van der Waals surface area contributed by atoms with Crippen LogP contribution < -0.4 is 16.1 Å². The molecule has 0 aromatic heterocycles. The molecule has 0 saturated heterocycles. The highest BCUT2D eigenvalue weighted by atomic mass is 31.2. The average Bonchev–Trinajstić information content (AvgIpc) is 2.59. The van der Waals surface area contributed by atoms with E-state index in [0.29, 0.717) is 17.1 Å². The van der Waals surface area contributed by atoms with E-state index in [-0.39, 0.29) is 6.42 Å². The summed E-state index contributed by atoms with van der Waals surface area (Å²) in [6.45, 7) is 0. The molecule has 0 heterocycles. The lowest BCUT2D eigenvalue weighted by molar-refractivity contribution is 0.110. The Hall–Kier alpha value is -2.37. The summed E-state index contributed by atoms with van der Waals surface area (Å²) in [5, 5.41) is 0. The van der Waals surface area contributed by atoms with Gasteiger partial charge in [-0.2, -0.15) is 0 Å². The minimum Gasteiger partial charge on any atom is -0.399 e. The van der Waals surface area contributed by atoms with Gasteiger partial charge in [-0.25, -0.2) is 9.24 Å². The quantitative estimate of drug-likeness (QED) is 0.560. The van der Waals surface area contributed by atoms with Gasteiger partial charge in [-0.05, 0) is 36.4 Å². The third-order valence-corrected chi connectivity index (χ3v) is 5.30. The molecule has 7 heteroatoms. The molecular formula is C18H20N3O3P. The lowest BCUT2D eigenvalue weighted by Gasteiger charge is -2.35. The first kappa shape index (κ1) is 17.5. The molecule has 3 rings (SSSR count). The van der Waals surface area contributed by atoms with Crippen molar-refractivity contribution in [2.75, 3.05) is 4.67 Å². The van der Waals surface area contributed by atoms with Gasteiger partial charge in [0.25, 0.3) is 0 Å². The molecule has 25 heavy (non-hydrogen) atoms. The number of hydrogen-bond donors (Lipinski definition) is 3. The molecule has 0 amide bonds. The van der Waals surface area contributed by atoms with E-state index in [0.717, 1.165) is 0 Å². The summed E-state index contributed by atoms with van der Waals surface area (Å²) in [6.07, 6.45) is 4.94. The van der Waals surface area contributed by atoms with Gasteiger partial charge >= 0.3 is 7.75 Å². The standard InChI is InChI=1S/C18H20N3O3P/c19-15-11-13-18(20,14-12-15)24-25(22,23)21(16-7-3-1-4-8-16)17-9-5-2-6-10-17/h1-13H,14,19-20H2,(H,22,23). The van der Waals surface area contributed by atoms with E-state index < -0.39 is 13.5 Å². The van der Waals surface area contributed by atoms with Crippen LogP contribution in [-0.4, -0.2) is 10.6 Å². The van der Waals surface area contributed by atoms with Crippen molar-refractivity contribution in [2.24, 2.45) is 11.5 Å². The zero-order valence-electron chi connectivity index (χ0n) is 13.5. The summed E-state index contributed by atoms with van der Waals surface area (Å²) in [7, 11) is -4.31. The van der Waals surface area contributed by atoms with E-state index in [1.165, 1.54) is 10.7 Å². The number of allylic oxidation sites excluding steroid dienone is 1. The van der Waals surface area contributed by atoms with Gasteiger partial charge in [-0.3, -0.25) is 10.3 Å².